The lowest BCUT2D eigenvalue weighted by Crippen LogP contribution is -2.17. The maximum absolute atomic E-state index is 11.3. The largest absolute Gasteiger partial charge is 0.467 e. The summed E-state index contributed by atoms with van der Waals surface area (Å²) >= 11 is 1.23. The van der Waals surface area contributed by atoms with Gasteiger partial charge in [-0.1, -0.05) is 6.92 Å². The van der Waals surface area contributed by atoms with E-state index in [2.05, 4.69) is 9.73 Å². The third-order valence-electron chi connectivity index (χ3n) is 3.23. The summed E-state index contributed by atoms with van der Waals surface area (Å²) in [6, 6.07) is 3.74. The highest BCUT2D eigenvalue weighted by Gasteiger charge is 2.19. The van der Waals surface area contributed by atoms with E-state index in [1.807, 2.05) is 19.1 Å². The first-order valence-electron chi connectivity index (χ1n) is 6.77. The Labute approximate surface area is 133 Å². The molecule has 0 atom stereocenters. The van der Waals surface area contributed by atoms with Crippen LogP contribution in [0, 0.1) is 5.41 Å². The summed E-state index contributed by atoms with van der Waals surface area (Å²) in [5.74, 6) is 0.834. The fourth-order valence-electron chi connectivity index (χ4n) is 2.16. The van der Waals surface area contributed by atoms with E-state index in [1.54, 1.807) is 6.26 Å². The Bertz CT molecular complexity index is 611. The molecule has 1 amide bonds. The fourth-order valence-corrected chi connectivity index (χ4v) is 2.65. The maximum Gasteiger partial charge on any atom is 0.434 e. The molecule has 0 aliphatic carbocycles. The molecule has 1 N–H and O–H groups in total. The second kappa shape index (κ2) is 7.42. The van der Waals surface area contributed by atoms with Crippen molar-refractivity contribution in [2.24, 2.45) is 4.99 Å². The zero-order chi connectivity index (χ0) is 16.1. The summed E-state index contributed by atoms with van der Waals surface area (Å²) in [7, 11) is 1.26. The molecule has 0 fully saturated rings. The molecular weight excluding hydrogens is 304 g/mol. The van der Waals surface area contributed by atoms with E-state index in [1.165, 1.54) is 18.9 Å². The Morgan fingerprint density at radius 1 is 1.50 bits per heavy atom. The number of nitrogens with zero attached hydrogens (tertiary/aromatic N) is 1. The Kier molecular flexibility index (Phi) is 5.57. The van der Waals surface area contributed by atoms with Crippen LogP contribution in [0.4, 0.5) is 4.79 Å². The van der Waals surface area contributed by atoms with Gasteiger partial charge in [-0.3, -0.25) is 5.41 Å². The van der Waals surface area contributed by atoms with Crippen molar-refractivity contribution in [2.75, 3.05) is 20.2 Å². The van der Waals surface area contributed by atoms with Crippen LogP contribution < -0.4 is 4.74 Å². The fraction of sp³-hybridized carbons (Fsp3) is 0.400. The van der Waals surface area contributed by atoms with Crippen molar-refractivity contribution < 1.29 is 19.0 Å². The van der Waals surface area contributed by atoms with Gasteiger partial charge in [-0.25, -0.2) is 4.79 Å². The number of hydrogen-bond donors (Lipinski definition) is 1. The molecule has 1 heterocycles. The van der Waals surface area contributed by atoms with E-state index in [0.717, 1.165) is 23.3 Å². The van der Waals surface area contributed by atoms with Crippen LogP contribution in [0.25, 0.3) is 0 Å². The van der Waals surface area contributed by atoms with Gasteiger partial charge in [-0.05, 0) is 30.4 Å². The van der Waals surface area contributed by atoms with Crippen molar-refractivity contribution in [3.8, 4) is 5.75 Å². The van der Waals surface area contributed by atoms with Gasteiger partial charge in [0.2, 0.25) is 0 Å². The first-order chi connectivity index (χ1) is 10.6. The Hall–Kier alpha value is -1.86. The topological polar surface area (TPSA) is 81.0 Å². The van der Waals surface area contributed by atoms with Gasteiger partial charge in [0.05, 0.1) is 19.4 Å². The van der Waals surface area contributed by atoms with Crippen molar-refractivity contribution in [3.05, 3.63) is 28.8 Å². The van der Waals surface area contributed by atoms with Crippen LogP contribution in [0.3, 0.4) is 0 Å². The van der Waals surface area contributed by atoms with Crippen molar-refractivity contribution in [2.45, 2.75) is 20.0 Å². The number of hydrogen-bond acceptors (Lipinski definition) is 6. The molecule has 6 nitrogen and oxygen atoms in total. The molecule has 0 spiro atoms. The number of carbonyl (C=O) groups excluding carboxylic acids is 1. The summed E-state index contributed by atoms with van der Waals surface area (Å²) in [5, 5.41) is 8.62. The quantitative estimate of drug-likeness (QED) is 0.683. The summed E-state index contributed by atoms with van der Waals surface area (Å²) in [6.07, 6.45) is 1.84. The second-order valence-corrected chi connectivity index (χ2v) is 5.35. The van der Waals surface area contributed by atoms with E-state index in [4.69, 9.17) is 14.9 Å². The summed E-state index contributed by atoms with van der Waals surface area (Å²) < 4.78 is 15.4. The highest BCUT2D eigenvalue weighted by atomic mass is 32.2. The zero-order valence-electron chi connectivity index (χ0n) is 12.8. The van der Waals surface area contributed by atoms with Crippen LogP contribution in [0.15, 0.2) is 17.1 Å². The first kappa shape index (κ1) is 16.5. The highest BCUT2D eigenvalue weighted by molar-refractivity contribution is 8.15. The van der Waals surface area contributed by atoms with E-state index < -0.39 is 6.09 Å². The normalized spacial score (nSPS) is 14.0. The molecule has 0 bridgehead atoms. The number of ether oxygens (including phenoxy) is 3. The van der Waals surface area contributed by atoms with Crippen molar-refractivity contribution in [3.63, 3.8) is 0 Å². The number of amides is 1. The van der Waals surface area contributed by atoms with E-state index in [9.17, 15) is 4.79 Å². The van der Waals surface area contributed by atoms with Gasteiger partial charge in [0.15, 0.2) is 6.79 Å². The molecule has 7 heteroatoms. The smallest absolute Gasteiger partial charge is 0.434 e. The molecule has 0 saturated heterocycles. The van der Waals surface area contributed by atoms with Gasteiger partial charge >= 0.3 is 6.09 Å². The summed E-state index contributed by atoms with van der Waals surface area (Å²) in [4.78, 5) is 15.1. The Balaban J connectivity index is 2.41. The number of carbonyl (C=O) groups is 1. The van der Waals surface area contributed by atoms with Gasteiger partial charge in [0.1, 0.15) is 10.8 Å². The lowest BCUT2D eigenvalue weighted by molar-refractivity contribution is -0.0170. The van der Waals surface area contributed by atoms with Gasteiger partial charge in [-0.2, -0.15) is 4.99 Å². The van der Waals surface area contributed by atoms with E-state index in [0.29, 0.717) is 17.2 Å². The van der Waals surface area contributed by atoms with Gasteiger partial charge in [-0.15, -0.1) is 11.8 Å². The van der Waals surface area contributed by atoms with Crippen molar-refractivity contribution in [1.82, 2.24) is 0 Å². The number of methoxy groups -OCH3 is 1. The molecule has 0 radical (unpaired) electrons. The predicted octanol–water partition coefficient (Wildman–Crippen LogP) is 3.01. The molecule has 1 aliphatic heterocycles. The number of fused-ring (bicyclic) bond motifs is 1. The Morgan fingerprint density at radius 2 is 2.27 bits per heavy atom. The van der Waals surface area contributed by atoms with Gasteiger partial charge in [0.25, 0.3) is 0 Å². The average Bonchev–Trinajstić information content (AvgIpc) is 2.57. The second-order valence-electron chi connectivity index (χ2n) is 4.55. The molecule has 22 heavy (non-hydrogen) atoms. The van der Waals surface area contributed by atoms with Crippen molar-refractivity contribution in [1.29, 1.82) is 5.41 Å². The SMILES string of the molecule is CCc1cc(C(=N)C(=NC(=O)OC)SC)cc2c1OCOC2. The number of benzene rings is 1. The molecule has 118 valence electrons. The van der Waals surface area contributed by atoms with Crippen LogP contribution in [-0.4, -0.2) is 37.0 Å². The van der Waals surface area contributed by atoms with Gasteiger partial charge in [0, 0.05) is 11.1 Å². The minimum Gasteiger partial charge on any atom is -0.467 e. The number of rotatable bonds is 3. The summed E-state index contributed by atoms with van der Waals surface area (Å²) in [6.45, 7) is 2.72. The lowest BCUT2D eigenvalue weighted by Gasteiger charge is -2.21. The standard InChI is InChI=1S/C15H18N2O4S/c1-4-9-5-10(6-11-7-20-8-21-13(9)11)12(16)14(22-3)17-15(18)19-2/h5-6,16H,4,7-8H2,1-3H3. The minimum absolute atomic E-state index is 0.181. The zero-order valence-corrected chi connectivity index (χ0v) is 13.6. The molecule has 0 saturated carbocycles. The maximum atomic E-state index is 11.3. The molecule has 1 aromatic carbocycles. The predicted molar refractivity (Wildman–Crippen MR) is 86.3 cm³/mol. The monoisotopic (exact) mass is 322 g/mol. The summed E-state index contributed by atoms with van der Waals surface area (Å²) in [5.41, 5.74) is 2.78. The highest BCUT2D eigenvalue weighted by Crippen LogP contribution is 2.30. The van der Waals surface area contributed by atoms with Crippen LogP contribution in [-0.2, 0) is 22.5 Å². The number of thioether (sulfide) groups is 1. The minimum atomic E-state index is -0.713. The van der Waals surface area contributed by atoms with Crippen LogP contribution >= 0.6 is 11.8 Å². The molecule has 1 aliphatic rings. The van der Waals surface area contributed by atoms with E-state index >= 15 is 0 Å². The molecular formula is C15H18N2O4S. The molecule has 2 rings (SSSR count). The third-order valence-corrected chi connectivity index (χ3v) is 3.91. The van der Waals surface area contributed by atoms with Gasteiger partial charge < -0.3 is 14.2 Å². The molecule has 0 unspecified atom stereocenters. The lowest BCUT2D eigenvalue weighted by atomic mass is 9.99. The van der Waals surface area contributed by atoms with Crippen LogP contribution in [0.1, 0.15) is 23.6 Å². The van der Waals surface area contributed by atoms with Crippen molar-refractivity contribution >= 4 is 28.6 Å². The average molecular weight is 322 g/mol. The number of aliphatic imine (C=N–C) groups is 1. The van der Waals surface area contributed by atoms with E-state index in [-0.39, 0.29) is 12.5 Å². The van der Waals surface area contributed by atoms with Crippen LogP contribution in [0.2, 0.25) is 0 Å². The number of aryl methyl sites for hydroxylation is 1. The first-order valence-corrected chi connectivity index (χ1v) is 7.99. The molecule has 0 aromatic heterocycles. The third kappa shape index (κ3) is 3.48. The Morgan fingerprint density at radius 3 is 2.91 bits per heavy atom. The number of nitrogens with one attached hydrogen (secondary N) is 1. The van der Waals surface area contributed by atoms with Crippen LogP contribution in [0.5, 0.6) is 5.75 Å². The molecule has 1 aromatic rings.